The van der Waals surface area contributed by atoms with Crippen LogP contribution in [-0.2, 0) is 6.54 Å². The number of anilines is 1. The number of benzene rings is 1. The van der Waals surface area contributed by atoms with Crippen molar-refractivity contribution in [1.29, 1.82) is 0 Å². The monoisotopic (exact) mass is 283 g/mol. The first kappa shape index (κ1) is 13.9. The number of fused-ring (bicyclic) bond motifs is 1. The molecule has 1 N–H and O–H groups in total. The van der Waals surface area contributed by atoms with Crippen LogP contribution in [-0.4, -0.2) is 24.7 Å². The number of hydrogen-bond donors (Lipinski definition) is 1. The fourth-order valence-electron chi connectivity index (χ4n) is 3.04. The highest BCUT2D eigenvalue weighted by molar-refractivity contribution is 5.56. The van der Waals surface area contributed by atoms with Crippen LogP contribution in [0, 0.1) is 0 Å². The summed E-state index contributed by atoms with van der Waals surface area (Å²) in [5.74, 6) is 0. The van der Waals surface area contributed by atoms with Gasteiger partial charge in [0.05, 0.1) is 0 Å². The summed E-state index contributed by atoms with van der Waals surface area (Å²) in [4.78, 5) is 14.1. The number of nitrogens with one attached hydrogen (secondary N) is 1. The Morgan fingerprint density at radius 2 is 1.95 bits per heavy atom. The van der Waals surface area contributed by atoms with Crippen molar-refractivity contribution < 1.29 is 0 Å². The molecule has 1 aliphatic heterocycles. The predicted octanol–water partition coefficient (Wildman–Crippen LogP) is 2.02. The Hall–Kier alpha value is -2.07. The zero-order valence-corrected chi connectivity index (χ0v) is 12.3. The Bertz CT molecular complexity index is 665. The van der Waals surface area contributed by atoms with Crippen LogP contribution in [0.4, 0.5) is 5.69 Å². The lowest BCUT2D eigenvalue weighted by Gasteiger charge is -2.35. The number of pyridine rings is 1. The first-order chi connectivity index (χ1) is 10.3. The van der Waals surface area contributed by atoms with Crippen LogP contribution in [0.3, 0.4) is 0 Å². The van der Waals surface area contributed by atoms with Crippen LogP contribution in [0.1, 0.15) is 18.0 Å². The molecule has 0 spiro atoms. The lowest BCUT2D eigenvalue weighted by molar-refractivity contribution is 0.506. The van der Waals surface area contributed by atoms with Crippen molar-refractivity contribution in [2.24, 2.45) is 0 Å². The average molecular weight is 283 g/mol. The van der Waals surface area contributed by atoms with Crippen molar-refractivity contribution in [2.45, 2.75) is 19.0 Å². The summed E-state index contributed by atoms with van der Waals surface area (Å²) in [6.07, 6.45) is 2.95. The Morgan fingerprint density at radius 1 is 1.14 bits per heavy atom. The lowest BCUT2D eigenvalue weighted by atomic mass is 9.96. The maximum atomic E-state index is 11.8. The van der Waals surface area contributed by atoms with Gasteiger partial charge in [0.25, 0.3) is 5.56 Å². The Morgan fingerprint density at radius 3 is 2.76 bits per heavy atom. The van der Waals surface area contributed by atoms with Crippen molar-refractivity contribution in [3.63, 3.8) is 0 Å². The molecule has 2 aromatic rings. The molecule has 0 radical (unpaired) electrons. The van der Waals surface area contributed by atoms with E-state index in [-0.39, 0.29) is 5.56 Å². The Labute approximate surface area is 125 Å². The summed E-state index contributed by atoms with van der Waals surface area (Å²) in [6.45, 7) is 2.60. The third-order valence-electron chi connectivity index (χ3n) is 4.20. The first-order valence-corrected chi connectivity index (χ1v) is 7.46. The van der Waals surface area contributed by atoms with Gasteiger partial charge in [-0.3, -0.25) is 4.79 Å². The minimum absolute atomic E-state index is 0.0656. The number of para-hydroxylation sites is 1. The predicted molar refractivity (Wildman–Crippen MR) is 85.8 cm³/mol. The Balaban J connectivity index is 1.78. The van der Waals surface area contributed by atoms with Gasteiger partial charge in [0.1, 0.15) is 0 Å². The molecular formula is C17H21N3O. The normalized spacial score (nSPS) is 17.6. The SMILES string of the molecule is CNC1CCN(CCn2ccccc2=O)c2ccccc21. The topological polar surface area (TPSA) is 37.3 Å². The molecule has 2 heterocycles. The molecule has 4 heteroatoms. The molecule has 1 aromatic carbocycles. The minimum Gasteiger partial charge on any atom is -0.369 e. The van der Waals surface area contributed by atoms with E-state index in [1.807, 2.05) is 19.3 Å². The molecule has 0 fully saturated rings. The molecule has 1 aromatic heterocycles. The van der Waals surface area contributed by atoms with Crippen LogP contribution in [0.2, 0.25) is 0 Å². The lowest BCUT2D eigenvalue weighted by Crippen LogP contribution is -2.37. The molecule has 0 amide bonds. The highest BCUT2D eigenvalue weighted by Crippen LogP contribution is 2.33. The number of rotatable bonds is 4. The molecule has 1 aliphatic rings. The number of aromatic nitrogens is 1. The molecule has 4 nitrogen and oxygen atoms in total. The molecule has 1 atom stereocenters. The van der Waals surface area contributed by atoms with Gasteiger partial charge in [-0.25, -0.2) is 0 Å². The van der Waals surface area contributed by atoms with Crippen LogP contribution in [0.15, 0.2) is 53.5 Å². The van der Waals surface area contributed by atoms with Gasteiger partial charge in [-0.05, 0) is 31.2 Å². The molecule has 0 bridgehead atoms. The van der Waals surface area contributed by atoms with Crippen molar-refractivity contribution in [1.82, 2.24) is 9.88 Å². The van der Waals surface area contributed by atoms with E-state index in [1.165, 1.54) is 11.3 Å². The second kappa shape index (κ2) is 6.14. The van der Waals surface area contributed by atoms with Crippen molar-refractivity contribution in [3.05, 3.63) is 64.6 Å². The van der Waals surface area contributed by atoms with Gasteiger partial charge in [0, 0.05) is 43.6 Å². The van der Waals surface area contributed by atoms with Gasteiger partial charge in [-0.15, -0.1) is 0 Å². The van der Waals surface area contributed by atoms with E-state index < -0.39 is 0 Å². The Kier molecular flexibility index (Phi) is 4.06. The molecule has 21 heavy (non-hydrogen) atoms. The average Bonchev–Trinajstić information content (AvgIpc) is 2.54. The molecule has 0 saturated carbocycles. The molecule has 1 unspecified atom stereocenters. The second-order valence-corrected chi connectivity index (χ2v) is 5.41. The van der Waals surface area contributed by atoms with E-state index in [1.54, 1.807) is 16.7 Å². The molecular weight excluding hydrogens is 262 g/mol. The van der Waals surface area contributed by atoms with Crippen molar-refractivity contribution in [2.75, 3.05) is 25.0 Å². The standard InChI is InChI=1S/C17H21N3O/c1-18-15-9-11-19(16-7-3-2-6-14(15)16)12-13-20-10-5-4-8-17(20)21/h2-8,10,15,18H,9,11-13H2,1H3. The first-order valence-electron chi connectivity index (χ1n) is 7.46. The van der Waals surface area contributed by atoms with Gasteiger partial charge < -0.3 is 14.8 Å². The fourth-order valence-corrected chi connectivity index (χ4v) is 3.04. The largest absolute Gasteiger partial charge is 0.369 e. The van der Waals surface area contributed by atoms with Gasteiger partial charge in [-0.2, -0.15) is 0 Å². The highest BCUT2D eigenvalue weighted by atomic mass is 16.1. The number of nitrogens with zero attached hydrogens (tertiary/aromatic N) is 2. The van der Waals surface area contributed by atoms with Crippen LogP contribution >= 0.6 is 0 Å². The van der Waals surface area contributed by atoms with Crippen molar-refractivity contribution >= 4 is 5.69 Å². The van der Waals surface area contributed by atoms with Gasteiger partial charge in [0.2, 0.25) is 0 Å². The van der Waals surface area contributed by atoms with E-state index in [0.29, 0.717) is 6.04 Å². The summed E-state index contributed by atoms with van der Waals surface area (Å²) in [5.41, 5.74) is 2.70. The van der Waals surface area contributed by atoms with Crippen LogP contribution in [0.25, 0.3) is 0 Å². The summed E-state index contributed by atoms with van der Waals surface area (Å²) < 4.78 is 1.77. The van der Waals surface area contributed by atoms with Crippen molar-refractivity contribution in [3.8, 4) is 0 Å². The zero-order valence-electron chi connectivity index (χ0n) is 12.3. The zero-order chi connectivity index (χ0) is 14.7. The third kappa shape index (κ3) is 2.85. The van der Waals surface area contributed by atoms with E-state index in [9.17, 15) is 4.79 Å². The van der Waals surface area contributed by atoms with Gasteiger partial charge in [0.15, 0.2) is 0 Å². The molecule has 0 aliphatic carbocycles. The fraction of sp³-hybridized carbons (Fsp3) is 0.353. The van der Waals surface area contributed by atoms with Gasteiger partial charge in [-0.1, -0.05) is 24.3 Å². The maximum absolute atomic E-state index is 11.8. The summed E-state index contributed by atoms with van der Waals surface area (Å²) in [5, 5.41) is 3.38. The third-order valence-corrected chi connectivity index (χ3v) is 4.20. The highest BCUT2D eigenvalue weighted by Gasteiger charge is 2.23. The number of hydrogen-bond acceptors (Lipinski definition) is 3. The summed E-state index contributed by atoms with van der Waals surface area (Å²) in [7, 11) is 2.01. The van der Waals surface area contributed by atoms with E-state index in [2.05, 4.69) is 34.5 Å². The van der Waals surface area contributed by atoms with E-state index >= 15 is 0 Å². The molecule has 0 saturated heterocycles. The summed E-state index contributed by atoms with van der Waals surface area (Å²) >= 11 is 0. The molecule has 110 valence electrons. The van der Waals surface area contributed by atoms with Crippen LogP contribution in [0.5, 0.6) is 0 Å². The quantitative estimate of drug-likeness (QED) is 0.933. The van der Waals surface area contributed by atoms with E-state index in [4.69, 9.17) is 0 Å². The van der Waals surface area contributed by atoms with E-state index in [0.717, 1.165) is 26.1 Å². The molecule has 3 rings (SSSR count). The van der Waals surface area contributed by atoms with Crippen LogP contribution < -0.4 is 15.8 Å². The summed E-state index contributed by atoms with van der Waals surface area (Å²) in [6, 6.07) is 14.3. The smallest absolute Gasteiger partial charge is 0.250 e. The second-order valence-electron chi connectivity index (χ2n) is 5.41. The van der Waals surface area contributed by atoms with Gasteiger partial charge >= 0.3 is 0 Å². The minimum atomic E-state index is 0.0656. The maximum Gasteiger partial charge on any atom is 0.250 e.